The minimum absolute atomic E-state index is 0.0413. The van der Waals surface area contributed by atoms with E-state index < -0.39 is 12.1 Å². The van der Waals surface area contributed by atoms with Crippen molar-refractivity contribution in [1.82, 2.24) is 9.97 Å². The first-order valence-electron chi connectivity index (χ1n) is 11.3. The van der Waals surface area contributed by atoms with Crippen molar-refractivity contribution in [2.24, 2.45) is 5.92 Å². The number of carbonyl (C=O) groups is 1. The standard InChI is InChI=1S/C22H27F3N6OS/c1-13-14(2)33-20(26-13)28-21(32)31-16-6-4-9-29(12-16)17-7-8-18(27-19(17)31)30-10-3-5-15(11-30)22(23,24)25/h7-8,15-16H,3-6,9-12H2,1-2H3,(H,26,28,32)/t15?,16-/m1/s1. The molecule has 2 saturated heterocycles. The van der Waals surface area contributed by atoms with Crippen LogP contribution < -0.4 is 20.0 Å². The second-order valence-corrected chi connectivity index (χ2v) is 10.2. The fourth-order valence-electron chi connectivity index (χ4n) is 4.98. The van der Waals surface area contributed by atoms with Gasteiger partial charge in [0.15, 0.2) is 10.9 Å². The summed E-state index contributed by atoms with van der Waals surface area (Å²) in [7, 11) is 0. The first kappa shape index (κ1) is 22.2. The number of hydrogen-bond donors (Lipinski definition) is 1. The van der Waals surface area contributed by atoms with Crippen molar-refractivity contribution in [3.8, 4) is 0 Å². The van der Waals surface area contributed by atoms with Gasteiger partial charge in [-0.25, -0.2) is 14.8 Å². The minimum atomic E-state index is -4.22. The van der Waals surface area contributed by atoms with Gasteiger partial charge in [-0.05, 0) is 51.7 Å². The number of urea groups is 1. The van der Waals surface area contributed by atoms with E-state index in [1.165, 1.54) is 11.3 Å². The van der Waals surface area contributed by atoms with Gasteiger partial charge in [0.05, 0.1) is 23.3 Å². The van der Waals surface area contributed by atoms with Crippen molar-refractivity contribution in [3.05, 3.63) is 22.7 Å². The number of anilines is 4. The number of hydrogen-bond acceptors (Lipinski definition) is 6. The molecule has 178 valence electrons. The largest absolute Gasteiger partial charge is 0.393 e. The molecule has 7 nitrogen and oxygen atoms in total. The monoisotopic (exact) mass is 480 g/mol. The zero-order valence-electron chi connectivity index (χ0n) is 18.7. The third-order valence-corrected chi connectivity index (χ3v) is 7.83. The smallest absolute Gasteiger partial charge is 0.366 e. The Labute approximate surface area is 194 Å². The van der Waals surface area contributed by atoms with Crippen LogP contribution in [0.2, 0.25) is 0 Å². The molecule has 2 aromatic rings. The number of nitrogens with zero attached hydrogens (tertiary/aromatic N) is 5. The van der Waals surface area contributed by atoms with E-state index in [0.29, 0.717) is 29.7 Å². The average molecular weight is 481 g/mol. The van der Waals surface area contributed by atoms with Gasteiger partial charge in [0.2, 0.25) is 0 Å². The number of fused-ring (bicyclic) bond motifs is 4. The van der Waals surface area contributed by atoms with Gasteiger partial charge in [-0.3, -0.25) is 10.2 Å². The number of amides is 2. The molecule has 1 N–H and O–H groups in total. The van der Waals surface area contributed by atoms with Gasteiger partial charge in [-0.15, -0.1) is 11.3 Å². The number of aromatic nitrogens is 2. The van der Waals surface area contributed by atoms with E-state index in [9.17, 15) is 18.0 Å². The molecular formula is C22H27F3N6OS. The summed E-state index contributed by atoms with van der Waals surface area (Å²) < 4.78 is 40.0. The Bertz CT molecular complexity index is 1040. The molecule has 2 aromatic heterocycles. The maximum Gasteiger partial charge on any atom is 0.393 e. The summed E-state index contributed by atoms with van der Waals surface area (Å²) in [6.45, 7) is 5.87. The summed E-state index contributed by atoms with van der Waals surface area (Å²) in [5.74, 6) is -0.356. The van der Waals surface area contributed by atoms with Gasteiger partial charge in [0.1, 0.15) is 5.82 Å². The summed E-state index contributed by atoms with van der Waals surface area (Å²) in [5.41, 5.74) is 1.73. The summed E-state index contributed by atoms with van der Waals surface area (Å²) in [6.07, 6.45) is -1.80. The van der Waals surface area contributed by atoms with Crippen LogP contribution in [0.25, 0.3) is 0 Å². The van der Waals surface area contributed by atoms with E-state index in [2.05, 4.69) is 15.2 Å². The maximum atomic E-state index is 13.4. The molecule has 3 aliphatic rings. The highest BCUT2D eigenvalue weighted by molar-refractivity contribution is 7.15. The lowest BCUT2D eigenvalue weighted by molar-refractivity contribution is -0.176. The fourth-order valence-corrected chi connectivity index (χ4v) is 5.79. The molecule has 5 heterocycles. The predicted molar refractivity (Wildman–Crippen MR) is 124 cm³/mol. The van der Waals surface area contributed by atoms with Crippen molar-refractivity contribution in [3.63, 3.8) is 0 Å². The van der Waals surface area contributed by atoms with E-state index in [4.69, 9.17) is 4.98 Å². The van der Waals surface area contributed by atoms with Gasteiger partial charge >= 0.3 is 12.2 Å². The average Bonchev–Trinajstić information content (AvgIpc) is 3.09. The van der Waals surface area contributed by atoms with Crippen LogP contribution in [0.15, 0.2) is 12.1 Å². The van der Waals surface area contributed by atoms with Crippen LogP contribution in [0.5, 0.6) is 0 Å². The first-order chi connectivity index (χ1) is 15.7. The zero-order chi connectivity index (χ0) is 23.3. The molecule has 11 heteroatoms. The summed E-state index contributed by atoms with van der Waals surface area (Å²) in [6, 6.07) is 3.35. The highest BCUT2D eigenvalue weighted by Crippen LogP contribution is 2.41. The second-order valence-electron chi connectivity index (χ2n) is 9.04. The normalized spacial score (nSPS) is 22.9. The molecule has 0 radical (unpaired) electrons. The molecule has 33 heavy (non-hydrogen) atoms. The highest BCUT2D eigenvalue weighted by Gasteiger charge is 2.43. The minimum Gasteiger partial charge on any atom is -0.366 e. The van der Waals surface area contributed by atoms with Crippen molar-refractivity contribution in [2.75, 3.05) is 46.2 Å². The van der Waals surface area contributed by atoms with Gasteiger partial charge in [0, 0.05) is 31.1 Å². The number of nitrogens with one attached hydrogen (secondary N) is 1. The Kier molecular flexibility index (Phi) is 5.62. The van der Waals surface area contributed by atoms with E-state index >= 15 is 0 Å². The van der Waals surface area contributed by atoms with Crippen LogP contribution in [-0.4, -0.2) is 54.4 Å². The van der Waals surface area contributed by atoms with Crippen LogP contribution in [-0.2, 0) is 0 Å². The van der Waals surface area contributed by atoms with E-state index in [0.717, 1.165) is 42.2 Å². The summed E-state index contributed by atoms with van der Waals surface area (Å²) in [5, 5.41) is 3.45. The lowest BCUT2D eigenvalue weighted by Gasteiger charge is -2.46. The SMILES string of the molecule is Cc1nc(NC(=O)N2c3nc(N4CCCC(C(F)(F)F)C4)ccc3N3CCC[C@@H]2C3)sc1C. The van der Waals surface area contributed by atoms with Gasteiger partial charge in [-0.2, -0.15) is 13.2 Å². The summed E-state index contributed by atoms with van der Waals surface area (Å²) >= 11 is 1.42. The molecular weight excluding hydrogens is 453 g/mol. The Balaban J connectivity index is 1.46. The molecule has 2 bridgehead atoms. The number of piperidine rings is 2. The Morgan fingerprint density at radius 1 is 1.09 bits per heavy atom. The number of halogens is 3. The quantitative estimate of drug-likeness (QED) is 0.659. The number of aryl methyl sites for hydroxylation is 2. The van der Waals surface area contributed by atoms with Crippen molar-refractivity contribution < 1.29 is 18.0 Å². The van der Waals surface area contributed by atoms with Gasteiger partial charge in [0.25, 0.3) is 0 Å². The summed E-state index contributed by atoms with van der Waals surface area (Å²) in [4.78, 5) is 29.2. The van der Waals surface area contributed by atoms with Crippen molar-refractivity contribution in [2.45, 2.75) is 51.7 Å². The predicted octanol–water partition coefficient (Wildman–Crippen LogP) is 4.95. The van der Waals surface area contributed by atoms with Crippen LogP contribution in [0.4, 0.5) is 40.4 Å². The van der Waals surface area contributed by atoms with Crippen molar-refractivity contribution in [1.29, 1.82) is 0 Å². The molecule has 2 fully saturated rings. The third kappa shape index (κ3) is 4.22. The lowest BCUT2D eigenvalue weighted by atomic mass is 9.97. The molecule has 2 amide bonds. The third-order valence-electron chi connectivity index (χ3n) is 6.84. The molecule has 2 atom stereocenters. The second kappa shape index (κ2) is 8.34. The number of carbonyl (C=O) groups excluding carboxylic acids is 1. The van der Waals surface area contributed by atoms with Crippen LogP contribution in [0, 0.1) is 19.8 Å². The molecule has 5 rings (SSSR count). The zero-order valence-corrected chi connectivity index (χ0v) is 19.5. The molecule has 3 aliphatic heterocycles. The maximum absolute atomic E-state index is 13.4. The number of thiazole rings is 1. The number of rotatable bonds is 2. The fraction of sp³-hybridized carbons (Fsp3) is 0.591. The number of alkyl halides is 3. The van der Waals surface area contributed by atoms with Crippen molar-refractivity contribution >= 4 is 39.8 Å². The Hall–Kier alpha value is -2.56. The van der Waals surface area contributed by atoms with E-state index in [1.54, 1.807) is 15.9 Å². The van der Waals surface area contributed by atoms with E-state index in [1.807, 2.05) is 19.9 Å². The van der Waals surface area contributed by atoms with Crippen LogP contribution in [0.3, 0.4) is 0 Å². The van der Waals surface area contributed by atoms with Crippen LogP contribution in [0.1, 0.15) is 36.3 Å². The Morgan fingerprint density at radius 3 is 2.58 bits per heavy atom. The molecule has 0 saturated carbocycles. The topological polar surface area (TPSA) is 64.6 Å². The molecule has 0 aliphatic carbocycles. The van der Waals surface area contributed by atoms with Gasteiger partial charge < -0.3 is 9.80 Å². The highest BCUT2D eigenvalue weighted by atomic mass is 32.1. The number of pyridine rings is 1. The lowest BCUT2D eigenvalue weighted by Crippen LogP contribution is -2.56. The molecule has 0 aromatic carbocycles. The molecule has 1 unspecified atom stereocenters. The van der Waals surface area contributed by atoms with E-state index in [-0.39, 0.29) is 25.0 Å². The van der Waals surface area contributed by atoms with Crippen LogP contribution >= 0.6 is 11.3 Å². The Morgan fingerprint density at radius 2 is 1.85 bits per heavy atom. The molecule has 0 spiro atoms. The van der Waals surface area contributed by atoms with Gasteiger partial charge in [-0.1, -0.05) is 0 Å². The first-order valence-corrected chi connectivity index (χ1v) is 12.1.